The van der Waals surface area contributed by atoms with Crippen molar-refractivity contribution >= 4 is 11.9 Å². The van der Waals surface area contributed by atoms with Crippen molar-refractivity contribution in [2.75, 3.05) is 18.5 Å². The minimum absolute atomic E-state index is 0.0541. The van der Waals surface area contributed by atoms with E-state index in [-0.39, 0.29) is 11.9 Å². The molecule has 2 heterocycles. The topological polar surface area (TPSA) is 76.1 Å². The second-order valence-corrected chi connectivity index (χ2v) is 3.50. The summed E-state index contributed by atoms with van der Waals surface area (Å²) in [7, 11) is 0. The summed E-state index contributed by atoms with van der Waals surface area (Å²) in [6.07, 6.45) is 2.09. The Hall–Kier alpha value is -1.85. The average molecular weight is 222 g/mol. The molecule has 1 saturated heterocycles. The Morgan fingerprint density at radius 2 is 2.56 bits per heavy atom. The molecule has 1 aromatic rings. The SMILES string of the molecule is CCOc1ccnc(NC2CNC(=O)C2)n1. The molecule has 0 radical (unpaired) electrons. The van der Waals surface area contributed by atoms with E-state index in [1.54, 1.807) is 12.3 Å². The summed E-state index contributed by atoms with van der Waals surface area (Å²) >= 11 is 0. The largest absolute Gasteiger partial charge is 0.478 e. The fourth-order valence-electron chi connectivity index (χ4n) is 1.53. The van der Waals surface area contributed by atoms with Crippen molar-refractivity contribution < 1.29 is 9.53 Å². The van der Waals surface area contributed by atoms with E-state index in [1.165, 1.54) is 0 Å². The van der Waals surface area contributed by atoms with Gasteiger partial charge in [0.2, 0.25) is 17.7 Å². The van der Waals surface area contributed by atoms with Gasteiger partial charge in [0.15, 0.2) is 0 Å². The summed E-state index contributed by atoms with van der Waals surface area (Å²) in [4.78, 5) is 19.2. The molecule has 1 amide bonds. The molecule has 2 N–H and O–H groups in total. The number of rotatable bonds is 4. The lowest BCUT2D eigenvalue weighted by atomic mass is 10.3. The van der Waals surface area contributed by atoms with Crippen LogP contribution in [0.25, 0.3) is 0 Å². The quantitative estimate of drug-likeness (QED) is 0.759. The van der Waals surface area contributed by atoms with Crippen LogP contribution in [-0.4, -0.2) is 35.1 Å². The monoisotopic (exact) mass is 222 g/mol. The standard InChI is InChI=1S/C10H14N4O2/c1-2-16-9-3-4-11-10(14-9)13-7-5-8(15)12-6-7/h3-4,7H,2,5-6H2,1H3,(H,12,15)(H,11,13,14). The first-order valence-electron chi connectivity index (χ1n) is 5.27. The molecule has 1 aliphatic rings. The van der Waals surface area contributed by atoms with E-state index >= 15 is 0 Å². The number of carbonyl (C=O) groups excluding carboxylic acids is 1. The van der Waals surface area contributed by atoms with Gasteiger partial charge in [-0.2, -0.15) is 4.98 Å². The van der Waals surface area contributed by atoms with Gasteiger partial charge in [0.05, 0.1) is 12.6 Å². The van der Waals surface area contributed by atoms with Crippen LogP contribution in [0.5, 0.6) is 5.88 Å². The number of hydrogen-bond donors (Lipinski definition) is 2. The Kier molecular flexibility index (Phi) is 3.19. The van der Waals surface area contributed by atoms with Crippen LogP contribution < -0.4 is 15.4 Å². The first-order chi connectivity index (χ1) is 7.78. The van der Waals surface area contributed by atoms with E-state index in [0.717, 1.165) is 0 Å². The van der Waals surface area contributed by atoms with Gasteiger partial charge in [-0.05, 0) is 6.92 Å². The average Bonchev–Trinajstić information content (AvgIpc) is 2.65. The smallest absolute Gasteiger partial charge is 0.226 e. The molecule has 1 aromatic heterocycles. The Morgan fingerprint density at radius 3 is 3.25 bits per heavy atom. The highest BCUT2D eigenvalue weighted by Crippen LogP contribution is 2.11. The van der Waals surface area contributed by atoms with Crippen LogP contribution in [0.3, 0.4) is 0 Å². The maximum absolute atomic E-state index is 11.0. The zero-order valence-corrected chi connectivity index (χ0v) is 9.06. The fourth-order valence-corrected chi connectivity index (χ4v) is 1.53. The highest BCUT2D eigenvalue weighted by molar-refractivity contribution is 5.79. The van der Waals surface area contributed by atoms with Gasteiger partial charge in [-0.1, -0.05) is 0 Å². The van der Waals surface area contributed by atoms with E-state index < -0.39 is 0 Å². The highest BCUT2D eigenvalue weighted by atomic mass is 16.5. The van der Waals surface area contributed by atoms with E-state index in [0.29, 0.717) is 31.4 Å². The Bertz CT molecular complexity index is 383. The lowest BCUT2D eigenvalue weighted by Gasteiger charge is -2.10. The van der Waals surface area contributed by atoms with Gasteiger partial charge in [0, 0.05) is 25.2 Å². The van der Waals surface area contributed by atoms with Crippen LogP contribution in [0.1, 0.15) is 13.3 Å². The van der Waals surface area contributed by atoms with Gasteiger partial charge in [0.1, 0.15) is 0 Å². The molecule has 0 saturated carbocycles. The van der Waals surface area contributed by atoms with Crippen LogP contribution in [-0.2, 0) is 4.79 Å². The normalized spacial score (nSPS) is 19.3. The molecule has 1 unspecified atom stereocenters. The molecule has 86 valence electrons. The Labute approximate surface area is 93.4 Å². The number of carbonyl (C=O) groups is 1. The van der Waals surface area contributed by atoms with Crippen molar-refractivity contribution in [2.45, 2.75) is 19.4 Å². The van der Waals surface area contributed by atoms with Crippen molar-refractivity contribution in [2.24, 2.45) is 0 Å². The van der Waals surface area contributed by atoms with Gasteiger partial charge in [0.25, 0.3) is 0 Å². The van der Waals surface area contributed by atoms with Gasteiger partial charge in [-0.15, -0.1) is 0 Å². The third-order valence-electron chi connectivity index (χ3n) is 2.23. The molecule has 0 spiro atoms. The molecular formula is C10H14N4O2. The van der Waals surface area contributed by atoms with E-state index in [9.17, 15) is 4.79 Å². The molecule has 1 fully saturated rings. The summed E-state index contributed by atoms with van der Waals surface area (Å²) in [6, 6.07) is 1.76. The van der Waals surface area contributed by atoms with Crippen molar-refractivity contribution in [3.63, 3.8) is 0 Å². The zero-order valence-electron chi connectivity index (χ0n) is 9.06. The molecular weight excluding hydrogens is 208 g/mol. The number of nitrogens with zero attached hydrogens (tertiary/aromatic N) is 2. The predicted molar refractivity (Wildman–Crippen MR) is 58.2 cm³/mol. The van der Waals surface area contributed by atoms with E-state index in [4.69, 9.17) is 4.74 Å². The van der Waals surface area contributed by atoms with Crippen molar-refractivity contribution in [3.8, 4) is 5.88 Å². The molecule has 6 heteroatoms. The first-order valence-corrected chi connectivity index (χ1v) is 5.27. The lowest BCUT2D eigenvalue weighted by molar-refractivity contribution is -0.119. The highest BCUT2D eigenvalue weighted by Gasteiger charge is 2.21. The van der Waals surface area contributed by atoms with Gasteiger partial charge in [-0.25, -0.2) is 4.98 Å². The maximum atomic E-state index is 11.0. The third-order valence-corrected chi connectivity index (χ3v) is 2.23. The molecule has 1 atom stereocenters. The maximum Gasteiger partial charge on any atom is 0.226 e. The van der Waals surface area contributed by atoms with Gasteiger partial charge in [-0.3, -0.25) is 4.79 Å². The van der Waals surface area contributed by atoms with E-state index in [2.05, 4.69) is 20.6 Å². The number of hydrogen-bond acceptors (Lipinski definition) is 5. The molecule has 16 heavy (non-hydrogen) atoms. The predicted octanol–water partition coefficient (Wildman–Crippen LogP) is 0.176. The second-order valence-electron chi connectivity index (χ2n) is 3.50. The fraction of sp³-hybridized carbons (Fsp3) is 0.500. The third kappa shape index (κ3) is 2.59. The van der Waals surface area contributed by atoms with Gasteiger partial charge >= 0.3 is 0 Å². The molecule has 0 aromatic carbocycles. The van der Waals surface area contributed by atoms with Crippen LogP contribution in [0.4, 0.5) is 5.95 Å². The van der Waals surface area contributed by atoms with Crippen LogP contribution in [0.15, 0.2) is 12.3 Å². The Morgan fingerprint density at radius 1 is 1.69 bits per heavy atom. The van der Waals surface area contributed by atoms with Crippen LogP contribution in [0, 0.1) is 0 Å². The van der Waals surface area contributed by atoms with Crippen molar-refractivity contribution in [1.82, 2.24) is 15.3 Å². The number of anilines is 1. The summed E-state index contributed by atoms with van der Waals surface area (Å²) in [5, 5.41) is 5.83. The summed E-state index contributed by atoms with van der Waals surface area (Å²) in [5.74, 6) is 1.09. The molecule has 0 aliphatic carbocycles. The molecule has 1 aliphatic heterocycles. The van der Waals surface area contributed by atoms with Crippen LogP contribution in [0.2, 0.25) is 0 Å². The lowest BCUT2D eigenvalue weighted by Crippen LogP contribution is -2.23. The number of ether oxygens (including phenoxy) is 1. The van der Waals surface area contributed by atoms with Crippen molar-refractivity contribution in [1.29, 1.82) is 0 Å². The minimum Gasteiger partial charge on any atom is -0.478 e. The molecule has 0 bridgehead atoms. The molecule has 2 rings (SSSR count). The Balaban J connectivity index is 1.98. The second kappa shape index (κ2) is 4.78. The van der Waals surface area contributed by atoms with Crippen molar-refractivity contribution in [3.05, 3.63) is 12.3 Å². The summed E-state index contributed by atoms with van der Waals surface area (Å²) in [5.41, 5.74) is 0. The first kappa shape index (κ1) is 10.7. The minimum atomic E-state index is 0.0541. The molecule has 6 nitrogen and oxygen atoms in total. The van der Waals surface area contributed by atoms with E-state index in [1.807, 2.05) is 6.92 Å². The van der Waals surface area contributed by atoms with Crippen LogP contribution >= 0.6 is 0 Å². The number of amides is 1. The number of aromatic nitrogens is 2. The summed E-state index contributed by atoms with van der Waals surface area (Å²) in [6.45, 7) is 3.08. The number of nitrogens with one attached hydrogen (secondary N) is 2. The van der Waals surface area contributed by atoms with Gasteiger partial charge < -0.3 is 15.4 Å². The summed E-state index contributed by atoms with van der Waals surface area (Å²) < 4.78 is 5.26. The zero-order chi connectivity index (χ0) is 11.4.